The fourth-order valence-electron chi connectivity index (χ4n) is 3.14. The van der Waals surface area contributed by atoms with E-state index in [0.29, 0.717) is 16.9 Å². The molecule has 29 heavy (non-hydrogen) atoms. The molecule has 0 aliphatic rings. The Labute approximate surface area is 174 Å². The normalized spacial score (nSPS) is 12.3. The highest BCUT2D eigenvalue weighted by molar-refractivity contribution is 7.91. The number of terminal acetylenes is 1. The Kier molecular flexibility index (Phi) is 6.06. The molecule has 150 valence electrons. The zero-order valence-electron chi connectivity index (χ0n) is 16.6. The van der Waals surface area contributed by atoms with E-state index in [9.17, 15) is 13.2 Å². The number of hydrogen-bond donors (Lipinski definition) is 0. The number of benzene rings is 2. The van der Waals surface area contributed by atoms with Gasteiger partial charge in [0.05, 0.1) is 33.8 Å². The summed E-state index contributed by atoms with van der Waals surface area (Å²) >= 11 is 1.45. The SMILES string of the molecule is C#CCn1c(=NC(=O)Cc2ccc(S(=O)(=O)CC)cc2)sc2c(C)cc(C)cc21. The number of fused-ring (bicyclic) bond motifs is 1. The number of aromatic nitrogens is 1. The highest BCUT2D eigenvalue weighted by Crippen LogP contribution is 2.23. The third-order valence-electron chi connectivity index (χ3n) is 4.60. The van der Waals surface area contributed by atoms with Crippen molar-refractivity contribution < 1.29 is 13.2 Å². The Bertz CT molecular complexity index is 1290. The summed E-state index contributed by atoms with van der Waals surface area (Å²) in [6.45, 7) is 5.99. The summed E-state index contributed by atoms with van der Waals surface area (Å²) in [5, 5.41) is 0. The highest BCUT2D eigenvalue weighted by Gasteiger charge is 2.13. The maximum atomic E-state index is 12.6. The van der Waals surface area contributed by atoms with Crippen LogP contribution in [0.5, 0.6) is 0 Å². The molecule has 0 radical (unpaired) electrons. The first-order valence-electron chi connectivity index (χ1n) is 9.18. The number of aryl methyl sites for hydroxylation is 2. The minimum atomic E-state index is -3.26. The van der Waals surface area contributed by atoms with Crippen LogP contribution in [0.4, 0.5) is 0 Å². The molecule has 3 rings (SSSR count). The van der Waals surface area contributed by atoms with Gasteiger partial charge < -0.3 is 4.57 Å². The Hall–Kier alpha value is -2.69. The summed E-state index contributed by atoms with van der Waals surface area (Å²) in [6, 6.07) is 10.5. The highest BCUT2D eigenvalue weighted by atomic mass is 32.2. The second-order valence-electron chi connectivity index (χ2n) is 6.83. The molecule has 1 amide bonds. The molecule has 0 saturated carbocycles. The van der Waals surface area contributed by atoms with Gasteiger partial charge in [0, 0.05) is 0 Å². The van der Waals surface area contributed by atoms with Crippen molar-refractivity contribution in [2.45, 2.75) is 38.6 Å². The summed E-state index contributed by atoms with van der Waals surface area (Å²) in [5.41, 5.74) is 3.94. The average molecular weight is 427 g/mol. The van der Waals surface area contributed by atoms with Gasteiger partial charge in [0.1, 0.15) is 0 Å². The third-order valence-corrected chi connectivity index (χ3v) is 7.58. The zero-order chi connectivity index (χ0) is 21.2. The van der Waals surface area contributed by atoms with Crippen molar-refractivity contribution in [2.75, 3.05) is 5.75 Å². The van der Waals surface area contributed by atoms with Crippen molar-refractivity contribution in [1.29, 1.82) is 0 Å². The molecule has 0 fully saturated rings. The largest absolute Gasteiger partial charge is 0.305 e. The molecule has 1 aromatic heterocycles. The van der Waals surface area contributed by atoms with Crippen LogP contribution in [-0.2, 0) is 27.6 Å². The summed E-state index contributed by atoms with van der Waals surface area (Å²) < 4.78 is 26.8. The van der Waals surface area contributed by atoms with Crippen LogP contribution in [0.15, 0.2) is 46.3 Å². The van der Waals surface area contributed by atoms with Crippen molar-refractivity contribution in [3.8, 4) is 12.3 Å². The molecule has 2 aromatic carbocycles. The van der Waals surface area contributed by atoms with Gasteiger partial charge in [-0.25, -0.2) is 8.42 Å². The van der Waals surface area contributed by atoms with Gasteiger partial charge in [-0.3, -0.25) is 4.79 Å². The fraction of sp³-hybridized carbons (Fsp3) is 0.273. The molecule has 3 aromatic rings. The van der Waals surface area contributed by atoms with E-state index in [0.717, 1.165) is 21.3 Å². The summed E-state index contributed by atoms with van der Waals surface area (Å²) in [6.07, 6.45) is 5.62. The molecule has 0 spiro atoms. The lowest BCUT2D eigenvalue weighted by atomic mass is 10.1. The van der Waals surface area contributed by atoms with E-state index >= 15 is 0 Å². The van der Waals surface area contributed by atoms with E-state index in [1.165, 1.54) is 23.5 Å². The summed E-state index contributed by atoms with van der Waals surface area (Å²) in [7, 11) is -3.26. The van der Waals surface area contributed by atoms with Crippen LogP contribution in [0.2, 0.25) is 0 Å². The zero-order valence-corrected chi connectivity index (χ0v) is 18.2. The molecule has 0 aliphatic carbocycles. The van der Waals surface area contributed by atoms with Gasteiger partial charge in [-0.15, -0.1) is 6.42 Å². The van der Waals surface area contributed by atoms with Crippen LogP contribution in [-0.4, -0.2) is 24.6 Å². The first-order valence-corrected chi connectivity index (χ1v) is 11.7. The van der Waals surface area contributed by atoms with Gasteiger partial charge in [-0.1, -0.05) is 42.4 Å². The predicted octanol–water partition coefficient (Wildman–Crippen LogP) is 3.42. The number of carbonyl (C=O) groups excluding carboxylic acids is 1. The average Bonchev–Trinajstić information content (AvgIpc) is 3.00. The summed E-state index contributed by atoms with van der Waals surface area (Å²) in [4.78, 5) is 17.7. The van der Waals surface area contributed by atoms with Crippen LogP contribution in [0.3, 0.4) is 0 Å². The fourth-order valence-corrected chi connectivity index (χ4v) is 5.12. The van der Waals surface area contributed by atoms with Gasteiger partial charge in [0.25, 0.3) is 5.91 Å². The number of sulfone groups is 1. The first-order chi connectivity index (χ1) is 13.7. The number of amides is 1. The van der Waals surface area contributed by atoms with E-state index in [1.807, 2.05) is 24.5 Å². The topological polar surface area (TPSA) is 68.5 Å². The third kappa shape index (κ3) is 4.50. The maximum Gasteiger partial charge on any atom is 0.252 e. The lowest BCUT2D eigenvalue weighted by Crippen LogP contribution is -2.17. The molecule has 7 heteroatoms. The molecule has 0 saturated heterocycles. The Morgan fingerprint density at radius 2 is 1.90 bits per heavy atom. The number of hydrogen-bond acceptors (Lipinski definition) is 4. The second-order valence-corrected chi connectivity index (χ2v) is 10.1. The van der Waals surface area contributed by atoms with Crippen molar-refractivity contribution in [3.63, 3.8) is 0 Å². The Balaban J connectivity index is 1.95. The number of nitrogens with zero attached hydrogens (tertiary/aromatic N) is 2. The van der Waals surface area contributed by atoms with Crippen molar-refractivity contribution >= 4 is 37.3 Å². The second kappa shape index (κ2) is 8.36. The van der Waals surface area contributed by atoms with E-state index in [4.69, 9.17) is 6.42 Å². The molecular weight excluding hydrogens is 404 g/mol. The lowest BCUT2D eigenvalue weighted by molar-refractivity contribution is -0.117. The van der Waals surface area contributed by atoms with E-state index in [-0.39, 0.29) is 23.0 Å². The minimum absolute atomic E-state index is 0.0423. The summed E-state index contributed by atoms with van der Waals surface area (Å²) in [5.74, 6) is 2.37. The molecule has 0 N–H and O–H groups in total. The molecule has 0 aliphatic heterocycles. The lowest BCUT2D eigenvalue weighted by Gasteiger charge is -2.03. The van der Waals surface area contributed by atoms with Gasteiger partial charge >= 0.3 is 0 Å². The number of thiazole rings is 1. The molecule has 0 unspecified atom stereocenters. The van der Waals surface area contributed by atoms with E-state index in [1.54, 1.807) is 19.1 Å². The van der Waals surface area contributed by atoms with Gasteiger partial charge in [0.2, 0.25) is 0 Å². The van der Waals surface area contributed by atoms with E-state index in [2.05, 4.69) is 17.0 Å². The molecule has 1 heterocycles. The van der Waals surface area contributed by atoms with Crippen LogP contribution in [0.25, 0.3) is 10.2 Å². The van der Waals surface area contributed by atoms with Crippen LogP contribution in [0.1, 0.15) is 23.6 Å². The van der Waals surface area contributed by atoms with Crippen LogP contribution in [0, 0.1) is 26.2 Å². The monoisotopic (exact) mass is 426 g/mol. The molecular formula is C22H22N2O3S2. The van der Waals surface area contributed by atoms with Crippen molar-refractivity contribution in [3.05, 3.63) is 57.9 Å². The van der Waals surface area contributed by atoms with Crippen LogP contribution >= 0.6 is 11.3 Å². The van der Waals surface area contributed by atoms with Gasteiger partial charge in [0.15, 0.2) is 14.6 Å². The van der Waals surface area contributed by atoms with Gasteiger partial charge in [-0.05, 0) is 48.7 Å². The molecule has 5 nitrogen and oxygen atoms in total. The Morgan fingerprint density at radius 3 is 2.52 bits per heavy atom. The van der Waals surface area contributed by atoms with Crippen LogP contribution < -0.4 is 4.80 Å². The number of carbonyl (C=O) groups is 1. The van der Waals surface area contributed by atoms with E-state index < -0.39 is 9.84 Å². The minimum Gasteiger partial charge on any atom is -0.305 e. The van der Waals surface area contributed by atoms with Gasteiger partial charge in [-0.2, -0.15) is 4.99 Å². The Morgan fingerprint density at radius 1 is 1.21 bits per heavy atom. The van der Waals surface area contributed by atoms with Crippen molar-refractivity contribution in [2.24, 2.45) is 4.99 Å². The first kappa shape index (κ1) is 21.0. The van der Waals surface area contributed by atoms with Crippen molar-refractivity contribution in [1.82, 2.24) is 4.57 Å². The predicted molar refractivity (Wildman–Crippen MR) is 117 cm³/mol. The quantitative estimate of drug-likeness (QED) is 0.587. The number of rotatable bonds is 5. The maximum absolute atomic E-state index is 12.6. The smallest absolute Gasteiger partial charge is 0.252 e. The standard InChI is InChI=1S/C22H22N2O3S2/c1-5-11-24-19-13-15(3)12-16(4)21(19)28-22(24)23-20(25)14-17-7-9-18(10-8-17)29(26,27)6-2/h1,7-10,12-13H,6,11,14H2,2-4H3. The molecule has 0 bridgehead atoms. The molecule has 0 atom stereocenters.